The molecular weight excluding hydrogens is 2220 g/mol. The maximum absolute atomic E-state index is 14.2. The predicted octanol–water partition coefficient (Wildman–Crippen LogP) is 35.0. The largest absolute Gasteiger partial charge is 0.488 e. The van der Waals surface area contributed by atoms with Crippen molar-refractivity contribution in [2.75, 3.05) is 0 Å². The minimum atomic E-state index is -0.465. The number of ether oxygens (including phenoxy) is 12. The number of aryl methyl sites for hydroxylation is 7. The van der Waals surface area contributed by atoms with Gasteiger partial charge >= 0.3 is 35.8 Å². The fourth-order valence-electron chi connectivity index (χ4n) is 16.0. The normalized spacial score (nSPS) is 13.6. The fourth-order valence-corrected chi connectivity index (χ4v) is 18.2. The van der Waals surface area contributed by atoms with Gasteiger partial charge in [0.25, 0.3) is 0 Å². The number of carbonyl (C=O) groups is 6. The Morgan fingerprint density at radius 1 is 0.262 bits per heavy atom. The second-order valence-electron chi connectivity index (χ2n) is 37.7. The topological polar surface area (TPSA) is 213 Å². The van der Waals surface area contributed by atoms with E-state index in [-0.39, 0.29) is 60.8 Å². The van der Waals surface area contributed by atoms with Gasteiger partial charge < -0.3 is 56.8 Å². The summed E-state index contributed by atoms with van der Waals surface area (Å²) in [6, 6.07) is 57.8. The average molecular weight is 2340 g/mol. The van der Waals surface area contributed by atoms with Gasteiger partial charge in [-0.1, -0.05) is 230 Å². The summed E-state index contributed by atoms with van der Waals surface area (Å²) in [5.74, 6) is 8.63. The third-order valence-corrected chi connectivity index (χ3v) is 30.4. The Morgan fingerprint density at radius 2 is 0.503 bits per heavy atom. The van der Waals surface area contributed by atoms with E-state index in [0.29, 0.717) is 169 Å². The maximum Gasteiger partial charge on any atom is 0.310 e. The van der Waals surface area contributed by atoms with Crippen molar-refractivity contribution in [3.05, 3.63) is 343 Å². The molecule has 0 bridgehead atoms. The molecule has 0 heterocycles. The molecule has 0 radical (unpaired) electrons. The van der Waals surface area contributed by atoms with E-state index < -0.39 is 11.8 Å². The first-order valence-electron chi connectivity index (χ1n) is 50.6. The van der Waals surface area contributed by atoms with Gasteiger partial charge in [-0.15, -0.1) is 0 Å². The van der Waals surface area contributed by atoms with Gasteiger partial charge in [0.1, 0.15) is 114 Å². The van der Waals surface area contributed by atoms with Crippen molar-refractivity contribution in [3.63, 3.8) is 0 Å². The number of benzene rings is 12. The zero-order valence-corrected chi connectivity index (χ0v) is 95.0. The molecule has 0 amide bonds. The molecule has 6 aliphatic carbocycles. The van der Waals surface area contributed by atoms with Crippen LogP contribution in [-0.2, 0) is 68.4 Å². The lowest BCUT2D eigenvalue weighted by atomic mass is 10.1. The third kappa shape index (κ3) is 33.5. The van der Waals surface area contributed by atoms with Crippen LogP contribution in [0.2, 0.25) is 35.2 Å². The zero-order chi connectivity index (χ0) is 107. The van der Waals surface area contributed by atoms with E-state index in [9.17, 15) is 33.2 Å². The van der Waals surface area contributed by atoms with Crippen LogP contribution in [0.4, 0.5) is 4.39 Å². The summed E-state index contributed by atoms with van der Waals surface area (Å²) in [4.78, 5) is 69.7. The molecule has 0 aromatic heterocycles. The summed E-state index contributed by atoms with van der Waals surface area (Å²) in [5.41, 5.74) is 18.8. The SMILES string of the molecule is CCC(=O)Oc1cccc(Br)c1COc1cc(Cl)c(C)cc1C1CC1.CCC(=O)Oc1cccc(C)c1COc1cc(Cl)c(C)cc1C1CC1.CCC(=O)Oc1cccc(Cl)c1COc1cc(Cl)c(C)cc1C1CC1.CCC(=O)Oc1cccc(F)c1COc1cc(Cl)c(C)cc1C1CC1.CCC(=O)Oc1cccc(I)c1COc1cc(Cl)c(C)cc1C1CC1.CCC(=O)Oc1ccccc1COc1cc(Cl)c(C)cc1C1CC1. The lowest BCUT2D eigenvalue weighted by Gasteiger charge is -2.16. The van der Waals surface area contributed by atoms with Crippen LogP contribution in [0.1, 0.15) is 298 Å². The fraction of sp³-hybridized carbons (Fsp3) is 0.355. The number of carbonyl (C=O) groups excluding carboxylic acids is 6. The van der Waals surface area contributed by atoms with E-state index in [2.05, 4.69) is 68.9 Å². The van der Waals surface area contributed by atoms with E-state index in [1.807, 2.05) is 146 Å². The van der Waals surface area contributed by atoms with Crippen molar-refractivity contribution in [1.29, 1.82) is 0 Å². The first-order chi connectivity index (χ1) is 71.5. The monoisotopic (exact) mass is 2330 g/mol. The Bertz CT molecular complexity index is 6040. The maximum atomic E-state index is 14.2. The van der Waals surface area contributed by atoms with Crippen molar-refractivity contribution in [2.45, 2.75) is 281 Å². The van der Waals surface area contributed by atoms with Crippen LogP contribution < -0.4 is 56.8 Å². The third-order valence-electron chi connectivity index (χ3n) is 25.8. The van der Waals surface area contributed by atoms with Crippen molar-refractivity contribution in [3.8, 4) is 69.0 Å². The van der Waals surface area contributed by atoms with Crippen LogP contribution >= 0.6 is 120 Å². The number of halogens is 10. The van der Waals surface area contributed by atoms with E-state index in [1.54, 1.807) is 90.1 Å². The molecule has 6 fully saturated rings. The molecule has 786 valence electrons. The smallest absolute Gasteiger partial charge is 0.310 e. The highest BCUT2D eigenvalue weighted by Gasteiger charge is 2.35. The zero-order valence-electron chi connectivity index (χ0n) is 86.0. The van der Waals surface area contributed by atoms with Gasteiger partial charge in [-0.3, -0.25) is 28.8 Å². The first kappa shape index (κ1) is 116. The standard InChI is InChI=1S/C21H23ClO3.C20H20BrClO3.C20H20Cl2O3.C20H20ClFO3.C20H20ClIO3.C20H21ClO3/c1-4-21(23)25-19-7-5-6-13(2)17(19)12-24-20-11-18(22)14(3)10-16(20)15-8-9-15;2*1-3-20(23)25-18-6-4-5-16(21)15(18)11-24-19-10-17(22)12(2)9-14(19)13-7-8-13;2*1-3-20(23)25-18-6-4-5-17(22)15(18)11-24-19-10-16(21)12(2)9-14(19)13-7-8-13;1-3-20(22)24-18-7-5-4-6-15(18)12-23-19-11-17(21)13(2)10-16(19)14-8-9-14/h5-7,10-11,15H,4,8-9,12H2,1-3H3;4*4-6,9-10,13H,3,7-8,11H2,1-2H3;4-7,10-11,14H,3,8-9,12H2,1-2H3. The number of rotatable bonds is 36. The van der Waals surface area contributed by atoms with Crippen molar-refractivity contribution >= 4 is 156 Å². The van der Waals surface area contributed by atoms with Gasteiger partial charge in [0, 0.05) is 99.0 Å². The second-order valence-corrected chi connectivity index (χ2v) is 42.6. The predicted molar refractivity (Wildman–Crippen MR) is 599 cm³/mol. The molecule has 6 aliphatic rings. The van der Waals surface area contributed by atoms with Crippen LogP contribution in [0.5, 0.6) is 69.0 Å². The highest BCUT2D eigenvalue weighted by molar-refractivity contribution is 14.1. The molecule has 18 nitrogen and oxygen atoms in total. The Kier molecular flexibility index (Phi) is 42.7. The molecule has 0 N–H and O–H groups in total. The highest BCUT2D eigenvalue weighted by atomic mass is 127. The molecular formula is C121H124BrCl7FIO18. The molecule has 149 heavy (non-hydrogen) atoms. The summed E-state index contributed by atoms with van der Waals surface area (Å²) in [6.07, 6.45) is 16.0. The second kappa shape index (κ2) is 55.1. The number of para-hydroxylation sites is 1. The molecule has 0 unspecified atom stereocenters. The number of hydrogen-bond donors (Lipinski definition) is 0. The van der Waals surface area contributed by atoms with Crippen molar-refractivity contribution in [1.82, 2.24) is 0 Å². The first-order valence-corrected chi connectivity index (χ1v) is 55.1. The molecule has 12 aromatic carbocycles. The lowest BCUT2D eigenvalue weighted by Crippen LogP contribution is -2.10. The molecule has 0 atom stereocenters. The minimum absolute atomic E-state index is 0.0297. The number of esters is 6. The van der Waals surface area contributed by atoms with Gasteiger partial charge in [-0.05, 0) is 353 Å². The average Bonchev–Trinajstić information content (AvgIpc) is 1.68. The van der Waals surface area contributed by atoms with Crippen LogP contribution in [-0.4, -0.2) is 35.8 Å². The van der Waals surface area contributed by atoms with Crippen LogP contribution in [0, 0.1) is 57.9 Å². The highest BCUT2D eigenvalue weighted by Crippen LogP contribution is 2.53. The van der Waals surface area contributed by atoms with E-state index in [4.69, 9.17) is 138 Å². The van der Waals surface area contributed by atoms with Gasteiger partial charge in [-0.2, -0.15) is 0 Å². The molecule has 6 saturated carbocycles. The molecule has 0 spiro atoms. The summed E-state index contributed by atoms with van der Waals surface area (Å²) < 4.78 is 84.6. The van der Waals surface area contributed by atoms with Crippen molar-refractivity contribution < 1.29 is 90.0 Å². The molecule has 0 aliphatic heterocycles. The van der Waals surface area contributed by atoms with E-state index in [0.717, 1.165) is 116 Å². The van der Waals surface area contributed by atoms with E-state index in [1.165, 1.54) is 104 Å². The quantitative estimate of drug-likeness (QED) is 0.0203. The van der Waals surface area contributed by atoms with Crippen molar-refractivity contribution in [2.24, 2.45) is 0 Å². The number of hydrogen-bond acceptors (Lipinski definition) is 18. The Labute approximate surface area is 930 Å². The summed E-state index contributed by atoms with van der Waals surface area (Å²) in [5, 5.41) is 4.63. The molecule has 28 heteroatoms. The molecule has 0 saturated heterocycles. The summed E-state index contributed by atoms with van der Waals surface area (Å²) >= 11 is 49.7. The van der Waals surface area contributed by atoms with Gasteiger partial charge in [0.15, 0.2) is 0 Å². The molecule has 12 aromatic rings. The Balaban J connectivity index is 0.000000149. The van der Waals surface area contributed by atoms with Crippen LogP contribution in [0.25, 0.3) is 0 Å². The van der Waals surface area contributed by atoms with E-state index >= 15 is 0 Å². The van der Waals surface area contributed by atoms with Gasteiger partial charge in [0.05, 0.1) is 16.1 Å². The Hall–Kier alpha value is -10.6. The Morgan fingerprint density at radius 3 is 0.839 bits per heavy atom. The lowest BCUT2D eigenvalue weighted by molar-refractivity contribution is -0.135. The van der Waals surface area contributed by atoms with Gasteiger partial charge in [-0.25, -0.2) is 4.39 Å². The van der Waals surface area contributed by atoms with Gasteiger partial charge in [0.2, 0.25) is 0 Å². The minimum Gasteiger partial charge on any atom is -0.488 e. The molecule has 18 rings (SSSR count). The van der Waals surface area contributed by atoms with Crippen LogP contribution in [0.15, 0.2) is 193 Å². The van der Waals surface area contributed by atoms with Crippen LogP contribution in [0.3, 0.4) is 0 Å². The summed E-state index contributed by atoms with van der Waals surface area (Å²) in [7, 11) is 0. The summed E-state index contributed by atoms with van der Waals surface area (Å²) in [6.45, 7) is 26.0.